The van der Waals surface area contributed by atoms with Gasteiger partial charge in [0, 0.05) is 0 Å². The second kappa shape index (κ2) is 5.43. The minimum Gasteiger partial charge on any atom is -0.394 e. The molecule has 2 N–H and O–H groups in total. The van der Waals surface area contributed by atoms with Crippen LogP contribution in [0.4, 0.5) is 8.78 Å². The first-order valence-corrected chi connectivity index (χ1v) is 6.43. The molecule has 2 rings (SSSR count). The van der Waals surface area contributed by atoms with Crippen LogP contribution < -0.4 is 5.32 Å². The topological polar surface area (TPSA) is 49.3 Å². The van der Waals surface area contributed by atoms with Crippen LogP contribution in [0.1, 0.15) is 36.0 Å². The number of carbonyl (C=O) groups is 1. The van der Waals surface area contributed by atoms with E-state index in [1.54, 1.807) is 0 Å². The van der Waals surface area contributed by atoms with Crippen molar-refractivity contribution in [2.45, 2.75) is 31.2 Å². The Morgan fingerprint density at radius 2 is 1.89 bits per heavy atom. The zero-order valence-electron chi connectivity index (χ0n) is 10.2. The molecule has 1 aromatic rings. The van der Waals surface area contributed by atoms with Crippen molar-refractivity contribution in [3.05, 3.63) is 34.4 Å². The van der Waals surface area contributed by atoms with Crippen LogP contribution in [0, 0.1) is 11.6 Å². The van der Waals surface area contributed by atoms with Crippen molar-refractivity contribution in [3.8, 4) is 0 Å². The molecule has 0 spiro atoms. The van der Waals surface area contributed by atoms with Gasteiger partial charge in [-0.05, 0) is 25.0 Å². The van der Waals surface area contributed by atoms with Crippen LogP contribution in [0.25, 0.3) is 0 Å². The van der Waals surface area contributed by atoms with Crippen LogP contribution in [0.3, 0.4) is 0 Å². The molecule has 0 aromatic heterocycles. The lowest BCUT2D eigenvalue weighted by molar-refractivity contribution is 0.0838. The van der Waals surface area contributed by atoms with Gasteiger partial charge in [0.05, 0.1) is 22.7 Å². The Hall–Kier alpha value is -1.20. The van der Waals surface area contributed by atoms with E-state index in [9.17, 15) is 18.7 Å². The molecule has 0 saturated heterocycles. The maximum Gasteiger partial charge on any atom is 0.253 e. The van der Waals surface area contributed by atoms with E-state index in [1.807, 2.05) is 0 Å². The molecular formula is C13H14ClF2NO2. The Bertz CT molecular complexity index is 502. The van der Waals surface area contributed by atoms with Crippen LogP contribution in [0.2, 0.25) is 5.02 Å². The van der Waals surface area contributed by atoms with Gasteiger partial charge in [0.15, 0.2) is 11.6 Å². The number of rotatable bonds is 3. The number of hydrogen-bond donors (Lipinski definition) is 2. The molecule has 1 fully saturated rings. The van der Waals surface area contributed by atoms with Crippen molar-refractivity contribution >= 4 is 17.5 Å². The summed E-state index contributed by atoms with van der Waals surface area (Å²) in [5.41, 5.74) is -0.800. The fraction of sp³-hybridized carbons (Fsp3) is 0.462. The number of hydrogen-bond acceptors (Lipinski definition) is 2. The molecule has 19 heavy (non-hydrogen) atoms. The van der Waals surface area contributed by atoms with Gasteiger partial charge >= 0.3 is 0 Å². The Balaban J connectivity index is 2.22. The molecular weight excluding hydrogens is 276 g/mol. The smallest absolute Gasteiger partial charge is 0.253 e. The maximum atomic E-state index is 13.1. The largest absolute Gasteiger partial charge is 0.394 e. The van der Waals surface area contributed by atoms with Crippen LogP contribution in [-0.4, -0.2) is 23.2 Å². The highest BCUT2D eigenvalue weighted by Gasteiger charge is 2.35. The lowest BCUT2D eigenvalue weighted by Gasteiger charge is -2.28. The zero-order valence-corrected chi connectivity index (χ0v) is 10.9. The standard InChI is InChI=1S/C13H14ClF2NO2/c14-9-6-11(16)10(15)5-8(9)12(19)17-13(7-18)3-1-2-4-13/h5-6,18H,1-4,7H2,(H,17,19). The number of aliphatic hydroxyl groups excluding tert-OH is 1. The second-order valence-corrected chi connectivity index (χ2v) is 5.25. The Kier molecular flexibility index (Phi) is 4.06. The average molecular weight is 290 g/mol. The summed E-state index contributed by atoms with van der Waals surface area (Å²) < 4.78 is 26.1. The molecule has 1 aromatic carbocycles. The summed E-state index contributed by atoms with van der Waals surface area (Å²) >= 11 is 5.74. The number of carbonyl (C=O) groups excluding carboxylic acids is 1. The maximum absolute atomic E-state index is 13.1. The van der Waals surface area contributed by atoms with Gasteiger partial charge in [0.1, 0.15) is 0 Å². The normalized spacial score (nSPS) is 17.5. The molecule has 0 heterocycles. The van der Waals surface area contributed by atoms with Crippen molar-refractivity contribution in [1.82, 2.24) is 5.32 Å². The van der Waals surface area contributed by atoms with E-state index >= 15 is 0 Å². The van der Waals surface area contributed by atoms with Crippen molar-refractivity contribution in [3.63, 3.8) is 0 Å². The van der Waals surface area contributed by atoms with Crippen LogP contribution >= 0.6 is 11.6 Å². The summed E-state index contributed by atoms with van der Waals surface area (Å²) in [6, 6.07) is 1.54. The second-order valence-electron chi connectivity index (χ2n) is 4.85. The molecule has 0 atom stereocenters. The summed E-state index contributed by atoms with van der Waals surface area (Å²) in [4.78, 5) is 12.1. The molecule has 1 saturated carbocycles. The molecule has 3 nitrogen and oxygen atoms in total. The van der Waals surface area contributed by atoms with E-state index in [2.05, 4.69) is 5.32 Å². The summed E-state index contributed by atoms with van der Waals surface area (Å²) in [5.74, 6) is -2.82. The number of halogens is 3. The fourth-order valence-corrected chi connectivity index (χ4v) is 2.62. The lowest BCUT2D eigenvalue weighted by Crippen LogP contribution is -2.49. The monoisotopic (exact) mass is 289 g/mol. The van der Waals surface area contributed by atoms with Crippen molar-refractivity contribution in [1.29, 1.82) is 0 Å². The zero-order chi connectivity index (χ0) is 14.0. The van der Waals surface area contributed by atoms with Gasteiger partial charge in [-0.3, -0.25) is 4.79 Å². The summed E-state index contributed by atoms with van der Waals surface area (Å²) in [5, 5.41) is 11.9. The number of benzene rings is 1. The molecule has 0 radical (unpaired) electrons. The lowest BCUT2D eigenvalue weighted by atomic mass is 9.98. The quantitative estimate of drug-likeness (QED) is 0.841. The van der Waals surface area contributed by atoms with E-state index in [0.717, 1.165) is 25.0 Å². The van der Waals surface area contributed by atoms with Gasteiger partial charge in [0.25, 0.3) is 5.91 Å². The van der Waals surface area contributed by atoms with E-state index in [1.165, 1.54) is 0 Å². The van der Waals surface area contributed by atoms with Gasteiger partial charge in [-0.1, -0.05) is 24.4 Å². The SMILES string of the molecule is O=C(NC1(CO)CCCC1)c1cc(F)c(F)cc1Cl. The highest BCUT2D eigenvalue weighted by molar-refractivity contribution is 6.33. The first-order valence-electron chi connectivity index (χ1n) is 6.05. The summed E-state index contributed by atoms with van der Waals surface area (Å²) in [6.07, 6.45) is 3.14. The van der Waals surface area contributed by atoms with Gasteiger partial charge < -0.3 is 10.4 Å². The van der Waals surface area contributed by atoms with E-state index in [4.69, 9.17) is 11.6 Å². The van der Waals surface area contributed by atoms with E-state index in [-0.39, 0.29) is 17.2 Å². The fourth-order valence-electron chi connectivity index (χ4n) is 2.38. The third kappa shape index (κ3) is 2.87. The molecule has 0 unspecified atom stereocenters. The molecule has 0 bridgehead atoms. The minimum atomic E-state index is -1.13. The number of amides is 1. The van der Waals surface area contributed by atoms with Crippen LogP contribution in [0.5, 0.6) is 0 Å². The van der Waals surface area contributed by atoms with Crippen LogP contribution in [-0.2, 0) is 0 Å². The minimum absolute atomic E-state index is 0.125. The predicted molar refractivity (Wildman–Crippen MR) is 67.1 cm³/mol. The Morgan fingerprint density at radius 1 is 1.32 bits per heavy atom. The average Bonchev–Trinajstić information content (AvgIpc) is 2.83. The van der Waals surface area contributed by atoms with Gasteiger partial charge in [-0.2, -0.15) is 0 Å². The van der Waals surface area contributed by atoms with Crippen LogP contribution in [0.15, 0.2) is 12.1 Å². The molecule has 0 aliphatic heterocycles. The molecule has 6 heteroatoms. The van der Waals surface area contributed by atoms with Gasteiger partial charge in [-0.25, -0.2) is 8.78 Å². The molecule has 1 aliphatic carbocycles. The highest BCUT2D eigenvalue weighted by Crippen LogP contribution is 2.30. The van der Waals surface area contributed by atoms with E-state index in [0.29, 0.717) is 12.8 Å². The van der Waals surface area contributed by atoms with Crippen molar-refractivity contribution in [2.75, 3.05) is 6.61 Å². The Morgan fingerprint density at radius 3 is 2.47 bits per heavy atom. The highest BCUT2D eigenvalue weighted by atomic mass is 35.5. The third-order valence-electron chi connectivity index (χ3n) is 3.50. The Labute approximate surface area is 114 Å². The van der Waals surface area contributed by atoms with E-state index < -0.39 is 23.1 Å². The molecule has 104 valence electrons. The summed E-state index contributed by atoms with van der Waals surface area (Å²) in [7, 11) is 0. The molecule has 1 amide bonds. The number of aliphatic hydroxyl groups is 1. The molecule has 1 aliphatic rings. The first kappa shape index (κ1) is 14.2. The van der Waals surface area contributed by atoms with Gasteiger partial charge in [-0.15, -0.1) is 0 Å². The first-order chi connectivity index (χ1) is 8.97. The van der Waals surface area contributed by atoms with Gasteiger partial charge in [0.2, 0.25) is 0 Å². The third-order valence-corrected chi connectivity index (χ3v) is 3.81. The predicted octanol–water partition coefficient (Wildman–Crippen LogP) is 2.65. The summed E-state index contributed by atoms with van der Waals surface area (Å²) in [6.45, 7) is -0.181. The number of nitrogens with one attached hydrogen (secondary N) is 1. The van der Waals surface area contributed by atoms with Crippen molar-refractivity contribution in [2.24, 2.45) is 0 Å². The van der Waals surface area contributed by atoms with Crippen molar-refractivity contribution < 1.29 is 18.7 Å².